The highest BCUT2D eigenvalue weighted by atomic mass is 32.2. The van der Waals surface area contributed by atoms with E-state index in [0.717, 1.165) is 5.56 Å². The first-order valence-electron chi connectivity index (χ1n) is 11.0. The van der Waals surface area contributed by atoms with Crippen molar-refractivity contribution in [1.82, 2.24) is 4.90 Å². The minimum absolute atomic E-state index is 0.107. The molecule has 2 aromatic rings. The highest BCUT2D eigenvalue weighted by molar-refractivity contribution is 8.26. The van der Waals surface area contributed by atoms with Crippen LogP contribution in [-0.4, -0.2) is 45.0 Å². The van der Waals surface area contributed by atoms with E-state index in [9.17, 15) is 9.59 Å². The molecule has 2 aliphatic heterocycles. The Morgan fingerprint density at radius 1 is 1.24 bits per heavy atom. The van der Waals surface area contributed by atoms with Gasteiger partial charge in [-0.25, -0.2) is 0 Å². The van der Waals surface area contributed by atoms with Gasteiger partial charge in [0.15, 0.2) is 0 Å². The summed E-state index contributed by atoms with van der Waals surface area (Å²) < 4.78 is 0.421. The van der Waals surface area contributed by atoms with Crippen LogP contribution >= 0.6 is 35.7 Å². The molecule has 1 saturated heterocycles. The summed E-state index contributed by atoms with van der Waals surface area (Å²) in [5.74, 6) is -0.648. The van der Waals surface area contributed by atoms with Gasteiger partial charge in [0.25, 0.3) is 5.91 Å². The molecule has 2 unspecified atom stereocenters. The predicted octanol–water partition coefficient (Wildman–Crippen LogP) is 5.87. The fourth-order valence-electron chi connectivity index (χ4n) is 5.10. The lowest BCUT2D eigenvalue weighted by molar-refractivity contribution is -0.137. The van der Waals surface area contributed by atoms with Crippen molar-refractivity contribution < 1.29 is 14.7 Å². The topological polar surface area (TPSA) is 60.9 Å². The fourth-order valence-corrected chi connectivity index (χ4v) is 6.81. The first-order valence-corrected chi connectivity index (χ1v) is 13.5. The van der Waals surface area contributed by atoms with Gasteiger partial charge in [0.2, 0.25) is 0 Å². The number of rotatable bonds is 6. The number of carboxylic acids is 1. The van der Waals surface area contributed by atoms with Gasteiger partial charge in [-0.15, -0.1) is 11.8 Å². The van der Waals surface area contributed by atoms with Crippen molar-refractivity contribution in [2.75, 3.05) is 17.7 Å². The molecule has 8 heteroatoms. The monoisotopic (exact) mass is 496 g/mol. The molecule has 5 nitrogen and oxygen atoms in total. The summed E-state index contributed by atoms with van der Waals surface area (Å²) in [6, 6.07) is 15.7. The van der Waals surface area contributed by atoms with Crippen LogP contribution in [0.4, 0.5) is 11.4 Å². The highest BCUT2D eigenvalue weighted by Crippen LogP contribution is 2.52. The van der Waals surface area contributed by atoms with Gasteiger partial charge >= 0.3 is 5.97 Å². The largest absolute Gasteiger partial charge is 0.481 e. The normalized spacial score (nSPS) is 22.9. The number of hydrogen-bond donors (Lipinski definition) is 1. The van der Waals surface area contributed by atoms with Crippen LogP contribution in [0.5, 0.6) is 0 Å². The molecule has 5 rings (SSSR count). The van der Waals surface area contributed by atoms with Crippen molar-refractivity contribution in [1.29, 1.82) is 0 Å². The molecule has 2 atom stereocenters. The van der Waals surface area contributed by atoms with E-state index < -0.39 is 5.97 Å². The van der Waals surface area contributed by atoms with Gasteiger partial charge in [-0.3, -0.25) is 14.5 Å². The maximum atomic E-state index is 12.8. The van der Waals surface area contributed by atoms with Gasteiger partial charge in [-0.05, 0) is 72.7 Å². The van der Waals surface area contributed by atoms with Crippen LogP contribution in [0.3, 0.4) is 0 Å². The molecule has 1 saturated carbocycles. The van der Waals surface area contributed by atoms with Crippen LogP contribution in [0.2, 0.25) is 0 Å². The number of aliphatic carboxylic acids is 1. The molecule has 170 valence electrons. The van der Waals surface area contributed by atoms with Crippen molar-refractivity contribution in [3.8, 4) is 0 Å². The Morgan fingerprint density at radius 3 is 2.76 bits per heavy atom. The minimum Gasteiger partial charge on any atom is -0.481 e. The quantitative estimate of drug-likeness (QED) is 0.305. The Bertz CT molecular complexity index is 1160. The summed E-state index contributed by atoms with van der Waals surface area (Å²) in [5, 5.41) is 8.93. The van der Waals surface area contributed by atoms with Gasteiger partial charge in [-0.1, -0.05) is 36.5 Å². The predicted molar refractivity (Wildman–Crippen MR) is 139 cm³/mol. The smallest absolute Gasteiger partial charge is 0.305 e. The molecule has 1 amide bonds. The van der Waals surface area contributed by atoms with Crippen LogP contribution < -0.4 is 4.90 Å². The number of benzene rings is 2. The number of thiocarbonyl (C=S) groups is 1. The van der Waals surface area contributed by atoms with E-state index in [2.05, 4.69) is 53.6 Å². The van der Waals surface area contributed by atoms with E-state index in [1.54, 1.807) is 11.8 Å². The number of fused-ring (bicyclic) bond motifs is 3. The zero-order valence-electron chi connectivity index (χ0n) is 18.2. The lowest BCUT2D eigenvalue weighted by atomic mass is 9.96. The second kappa shape index (κ2) is 9.16. The molecular formula is C25H24N2O3S3. The van der Waals surface area contributed by atoms with E-state index in [4.69, 9.17) is 17.3 Å². The lowest BCUT2D eigenvalue weighted by Crippen LogP contribution is -2.30. The van der Waals surface area contributed by atoms with Gasteiger partial charge in [0.1, 0.15) is 4.32 Å². The standard InChI is InChI=1S/C25H24N2O3S3/c1-32-17-8-6-16(7-9-17)27-20-4-2-3-18(20)19-13-15(5-10-21(19)27)14-22-24(30)26(25(31)33-22)12-11-23(28)29/h5-10,13-14,18,20H,2-4,11-12H2,1H3,(H,28,29)/b22-14+. The van der Waals surface area contributed by atoms with Gasteiger partial charge < -0.3 is 10.0 Å². The molecule has 0 bridgehead atoms. The van der Waals surface area contributed by atoms with Crippen molar-refractivity contribution >= 4 is 69.4 Å². The maximum Gasteiger partial charge on any atom is 0.305 e. The van der Waals surface area contributed by atoms with E-state index >= 15 is 0 Å². The Morgan fingerprint density at radius 2 is 2.03 bits per heavy atom. The van der Waals surface area contributed by atoms with Crippen LogP contribution in [-0.2, 0) is 9.59 Å². The first-order chi connectivity index (χ1) is 16.0. The van der Waals surface area contributed by atoms with Crippen molar-refractivity contribution in [2.24, 2.45) is 0 Å². The number of amides is 1. The number of carboxylic acid groups (broad SMARTS) is 1. The van der Waals surface area contributed by atoms with Crippen LogP contribution in [0.1, 0.15) is 42.7 Å². The Balaban J connectivity index is 1.44. The summed E-state index contributed by atoms with van der Waals surface area (Å²) in [7, 11) is 0. The Labute approximate surface area is 207 Å². The number of hydrogen-bond acceptors (Lipinski definition) is 6. The molecule has 2 heterocycles. The number of carbonyl (C=O) groups excluding carboxylic acids is 1. The molecule has 1 aliphatic carbocycles. The van der Waals surface area contributed by atoms with E-state index in [1.165, 1.54) is 57.8 Å². The SMILES string of the molecule is CSc1ccc(N2c3ccc(/C=C4/SC(=S)N(CCC(=O)O)C4=O)cc3C3CCCC32)cc1. The number of carbonyl (C=O) groups is 2. The van der Waals surface area contributed by atoms with Crippen LogP contribution in [0, 0.1) is 0 Å². The molecule has 2 aromatic carbocycles. The molecule has 2 fully saturated rings. The number of thioether (sulfide) groups is 2. The average molecular weight is 497 g/mol. The van der Waals surface area contributed by atoms with Gasteiger partial charge in [0.05, 0.1) is 11.3 Å². The summed E-state index contributed by atoms with van der Waals surface area (Å²) in [5.41, 5.74) is 4.82. The highest BCUT2D eigenvalue weighted by Gasteiger charge is 2.42. The van der Waals surface area contributed by atoms with E-state index in [1.807, 2.05) is 6.08 Å². The van der Waals surface area contributed by atoms with Gasteiger partial charge in [0, 0.05) is 34.8 Å². The second-order valence-corrected chi connectivity index (χ2v) is 11.0. The first kappa shape index (κ1) is 22.5. The van der Waals surface area contributed by atoms with Crippen molar-refractivity contribution in [3.63, 3.8) is 0 Å². The molecule has 33 heavy (non-hydrogen) atoms. The molecule has 0 aromatic heterocycles. The maximum absolute atomic E-state index is 12.8. The third kappa shape index (κ3) is 4.20. The summed E-state index contributed by atoms with van der Waals surface area (Å²) in [6.45, 7) is 0.107. The summed E-state index contributed by atoms with van der Waals surface area (Å²) >= 11 is 8.31. The fraction of sp³-hybridized carbons (Fsp3) is 0.320. The van der Waals surface area contributed by atoms with Gasteiger partial charge in [-0.2, -0.15) is 0 Å². The average Bonchev–Trinajstić information content (AvgIpc) is 3.46. The van der Waals surface area contributed by atoms with E-state index in [-0.39, 0.29) is 18.9 Å². The number of nitrogens with zero attached hydrogens (tertiary/aromatic N) is 2. The Kier molecular flexibility index (Phi) is 6.24. The molecule has 0 spiro atoms. The molecular weight excluding hydrogens is 472 g/mol. The second-order valence-electron chi connectivity index (χ2n) is 8.47. The zero-order valence-corrected chi connectivity index (χ0v) is 20.6. The summed E-state index contributed by atoms with van der Waals surface area (Å²) in [4.78, 5) is 29.4. The Hall–Kier alpha value is -2.29. The lowest BCUT2D eigenvalue weighted by Gasteiger charge is -2.27. The van der Waals surface area contributed by atoms with Crippen molar-refractivity contribution in [3.05, 3.63) is 58.5 Å². The molecule has 3 aliphatic rings. The van der Waals surface area contributed by atoms with E-state index in [0.29, 0.717) is 21.2 Å². The zero-order chi connectivity index (χ0) is 23.1. The third-order valence-corrected chi connectivity index (χ3v) is 8.71. The third-order valence-electron chi connectivity index (χ3n) is 6.59. The molecule has 0 radical (unpaired) electrons. The van der Waals surface area contributed by atoms with Crippen molar-refractivity contribution in [2.45, 2.75) is 42.5 Å². The minimum atomic E-state index is -0.939. The number of anilines is 2. The summed E-state index contributed by atoms with van der Waals surface area (Å²) in [6.07, 6.45) is 7.45. The van der Waals surface area contributed by atoms with Crippen LogP contribution in [0.25, 0.3) is 6.08 Å². The van der Waals surface area contributed by atoms with Crippen LogP contribution in [0.15, 0.2) is 52.3 Å². The molecule has 1 N–H and O–H groups in total.